The smallest absolute Gasteiger partial charge is 0.172 e. The van der Waals surface area contributed by atoms with E-state index in [1.807, 2.05) is 42.5 Å². The number of allylic oxidation sites excluding steroid dienone is 1. The molecule has 4 nitrogen and oxygen atoms in total. The molecule has 2 aliphatic carbocycles. The molecule has 2 aliphatic rings. The van der Waals surface area contributed by atoms with Gasteiger partial charge < -0.3 is 14.2 Å². The molecule has 0 fully saturated rings. The van der Waals surface area contributed by atoms with Crippen molar-refractivity contribution in [2.75, 3.05) is 14.2 Å². The van der Waals surface area contributed by atoms with Gasteiger partial charge in [0.1, 0.15) is 6.61 Å². The highest BCUT2D eigenvalue weighted by molar-refractivity contribution is 6.03. The van der Waals surface area contributed by atoms with Crippen LogP contribution >= 0.6 is 0 Å². The molecular formula is C27H32O4. The number of hydrogen-bond donors (Lipinski definition) is 0. The summed E-state index contributed by atoms with van der Waals surface area (Å²) in [6.45, 7) is 6.98. The van der Waals surface area contributed by atoms with Crippen LogP contribution < -0.4 is 9.47 Å². The highest BCUT2D eigenvalue weighted by atomic mass is 16.5. The first-order valence-corrected chi connectivity index (χ1v) is 11.0. The molecule has 31 heavy (non-hydrogen) atoms. The van der Waals surface area contributed by atoms with Gasteiger partial charge in [-0.25, -0.2) is 0 Å². The molecule has 0 amide bonds. The van der Waals surface area contributed by atoms with Gasteiger partial charge in [0.15, 0.2) is 17.3 Å². The summed E-state index contributed by atoms with van der Waals surface area (Å²) in [5, 5.41) is 0. The molecule has 2 aromatic carbocycles. The second-order valence-electron chi connectivity index (χ2n) is 9.20. The van der Waals surface area contributed by atoms with Crippen LogP contribution in [0.15, 0.2) is 53.6 Å². The lowest BCUT2D eigenvalue weighted by atomic mass is 9.60. The first kappa shape index (κ1) is 21.6. The fourth-order valence-corrected chi connectivity index (χ4v) is 5.34. The third-order valence-electron chi connectivity index (χ3n) is 7.16. The van der Waals surface area contributed by atoms with Crippen LogP contribution in [0.3, 0.4) is 0 Å². The van der Waals surface area contributed by atoms with Gasteiger partial charge in [0.2, 0.25) is 0 Å². The summed E-state index contributed by atoms with van der Waals surface area (Å²) in [6, 6.07) is 13.8. The molecule has 0 heterocycles. The molecular weight excluding hydrogens is 388 g/mol. The summed E-state index contributed by atoms with van der Waals surface area (Å²) in [5.74, 6) is 1.16. The molecule has 2 atom stereocenters. The normalized spacial score (nSPS) is 22.4. The summed E-state index contributed by atoms with van der Waals surface area (Å²) in [5.41, 5.74) is 5.10. The van der Waals surface area contributed by atoms with Crippen molar-refractivity contribution < 1.29 is 19.0 Å². The number of ketones is 1. The number of ether oxygens (including phenoxy) is 3. The zero-order valence-corrected chi connectivity index (χ0v) is 19.2. The molecule has 0 aromatic heterocycles. The zero-order chi connectivity index (χ0) is 22.2. The molecule has 2 aromatic rings. The van der Waals surface area contributed by atoms with E-state index in [1.54, 1.807) is 14.2 Å². The van der Waals surface area contributed by atoms with Gasteiger partial charge in [-0.2, -0.15) is 0 Å². The van der Waals surface area contributed by atoms with Crippen LogP contribution in [0.5, 0.6) is 11.5 Å². The standard InChI is InChI=1S/C27H32O4/c1-17-11-13-20-25(28)24-19(23(30-5)15-21(17)27(20,2)3)12-14-22(29-4)26(24)31-16-18-9-7-6-8-10-18/h6-10,12,14,20,23H,11,13,15-16H2,1-5H3/t20-,23-/m0/s1. The van der Waals surface area contributed by atoms with E-state index in [0.29, 0.717) is 23.7 Å². The summed E-state index contributed by atoms with van der Waals surface area (Å²) < 4.78 is 17.9. The number of Topliss-reactive ketones (excluding diaryl/α,β-unsaturated/α-hetero) is 1. The number of hydrogen-bond acceptors (Lipinski definition) is 4. The van der Waals surface area contributed by atoms with E-state index in [-0.39, 0.29) is 23.2 Å². The van der Waals surface area contributed by atoms with Crippen LogP contribution in [0.25, 0.3) is 0 Å². The predicted octanol–water partition coefficient (Wildman–Crippen LogP) is 6.30. The van der Waals surface area contributed by atoms with Crippen molar-refractivity contribution in [2.45, 2.75) is 52.7 Å². The topological polar surface area (TPSA) is 44.8 Å². The van der Waals surface area contributed by atoms with Crippen molar-refractivity contribution in [1.29, 1.82) is 0 Å². The van der Waals surface area contributed by atoms with Gasteiger partial charge in [0.05, 0.1) is 18.8 Å². The van der Waals surface area contributed by atoms with Crippen molar-refractivity contribution in [2.24, 2.45) is 11.3 Å². The zero-order valence-electron chi connectivity index (χ0n) is 19.2. The molecule has 4 heteroatoms. The Kier molecular flexibility index (Phi) is 5.94. The molecule has 0 N–H and O–H groups in total. The maximum atomic E-state index is 14.1. The Labute approximate surface area is 185 Å². The number of carbonyl (C=O) groups is 1. The maximum absolute atomic E-state index is 14.1. The lowest BCUT2D eigenvalue weighted by Gasteiger charge is -2.44. The van der Waals surface area contributed by atoms with E-state index in [0.717, 1.165) is 30.4 Å². The fraction of sp³-hybridized carbons (Fsp3) is 0.444. The molecule has 4 rings (SSSR count). The minimum atomic E-state index is -0.215. The summed E-state index contributed by atoms with van der Waals surface area (Å²) >= 11 is 0. The highest BCUT2D eigenvalue weighted by Crippen LogP contribution is 2.53. The molecule has 164 valence electrons. The second-order valence-corrected chi connectivity index (χ2v) is 9.20. The third-order valence-corrected chi connectivity index (χ3v) is 7.16. The maximum Gasteiger partial charge on any atom is 0.172 e. The van der Waals surface area contributed by atoms with Crippen LogP contribution in [-0.4, -0.2) is 20.0 Å². The van der Waals surface area contributed by atoms with Crippen molar-refractivity contribution in [1.82, 2.24) is 0 Å². The average Bonchev–Trinajstić information content (AvgIpc) is 2.77. The highest BCUT2D eigenvalue weighted by Gasteiger charge is 2.46. The van der Waals surface area contributed by atoms with Crippen molar-refractivity contribution in [3.05, 3.63) is 70.3 Å². The molecule has 0 radical (unpaired) electrons. The number of fused-ring (bicyclic) bond motifs is 3. The minimum Gasteiger partial charge on any atom is -0.493 e. The molecule has 0 saturated carbocycles. The molecule has 0 unspecified atom stereocenters. The quantitative estimate of drug-likeness (QED) is 0.533. The minimum absolute atomic E-state index is 0.0889. The Balaban J connectivity index is 1.86. The van der Waals surface area contributed by atoms with E-state index < -0.39 is 0 Å². The van der Waals surface area contributed by atoms with E-state index in [4.69, 9.17) is 14.2 Å². The van der Waals surface area contributed by atoms with Crippen LogP contribution in [0.1, 0.15) is 67.6 Å². The van der Waals surface area contributed by atoms with Crippen molar-refractivity contribution in [3.8, 4) is 11.5 Å². The van der Waals surface area contributed by atoms with Crippen molar-refractivity contribution in [3.63, 3.8) is 0 Å². The average molecular weight is 421 g/mol. The van der Waals surface area contributed by atoms with Gasteiger partial charge in [-0.1, -0.05) is 61.4 Å². The van der Waals surface area contributed by atoms with Crippen LogP contribution in [0.4, 0.5) is 0 Å². The lowest BCUT2D eigenvalue weighted by Crippen LogP contribution is -2.39. The van der Waals surface area contributed by atoms with Gasteiger partial charge in [0.25, 0.3) is 0 Å². The van der Waals surface area contributed by atoms with Gasteiger partial charge in [-0.05, 0) is 48.8 Å². The van der Waals surface area contributed by atoms with Crippen LogP contribution in [-0.2, 0) is 11.3 Å². The first-order chi connectivity index (χ1) is 14.9. The number of benzene rings is 2. The van der Waals surface area contributed by atoms with E-state index in [1.165, 1.54) is 11.1 Å². The van der Waals surface area contributed by atoms with Gasteiger partial charge in [-0.15, -0.1) is 0 Å². The second kappa shape index (κ2) is 8.51. The Hall–Kier alpha value is -2.59. The van der Waals surface area contributed by atoms with Crippen LogP contribution in [0.2, 0.25) is 0 Å². The Bertz CT molecular complexity index is 1000. The SMILES string of the molecule is COc1ccc2c(c1OCc1ccccc1)C(=O)[C@@H]1CCC(C)=C(C[C@@H]2OC)C1(C)C. The number of rotatable bonds is 5. The van der Waals surface area contributed by atoms with Gasteiger partial charge >= 0.3 is 0 Å². The summed E-state index contributed by atoms with van der Waals surface area (Å²) in [4.78, 5) is 14.1. The van der Waals surface area contributed by atoms with Gasteiger partial charge in [-0.3, -0.25) is 4.79 Å². The largest absolute Gasteiger partial charge is 0.493 e. The first-order valence-electron chi connectivity index (χ1n) is 11.0. The Morgan fingerprint density at radius 1 is 1.06 bits per heavy atom. The van der Waals surface area contributed by atoms with E-state index in [2.05, 4.69) is 20.8 Å². The molecule has 2 bridgehead atoms. The van der Waals surface area contributed by atoms with E-state index >= 15 is 0 Å². The summed E-state index contributed by atoms with van der Waals surface area (Å²) in [6.07, 6.45) is 2.39. The Morgan fingerprint density at radius 3 is 2.48 bits per heavy atom. The number of carbonyl (C=O) groups excluding carboxylic acids is 1. The van der Waals surface area contributed by atoms with E-state index in [9.17, 15) is 4.79 Å². The molecule has 0 aliphatic heterocycles. The summed E-state index contributed by atoms with van der Waals surface area (Å²) in [7, 11) is 3.34. The monoisotopic (exact) mass is 420 g/mol. The van der Waals surface area contributed by atoms with Crippen LogP contribution in [0, 0.1) is 11.3 Å². The molecule has 0 saturated heterocycles. The fourth-order valence-electron chi connectivity index (χ4n) is 5.34. The van der Waals surface area contributed by atoms with Gasteiger partial charge in [0, 0.05) is 13.0 Å². The molecule has 0 spiro atoms. The number of methoxy groups -OCH3 is 2. The third kappa shape index (κ3) is 3.78. The van der Waals surface area contributed by atoms with Crippen molar-refractivity contribution >= 4 is 5.78 Å². The lowest BCUT2D eigenvalue weighted by molar-refractivity contribution is 0.0663. The predicted molar refractivity (Wildman–Crippen MR) is 122 cm³/mol. The Morgan fingerprint density at radius 2 is 1.81 bits per heavy atom.